The number of guanidine groups is 1. The van der Waals surface area contributed by atoms with Crippen LogP contribution < -0.4 is 11.1 Å². The van der Waals surface area contributed by atoms with Crippen molar-refractivity contribution in [2.45, 2.75) is 46.5 Å². The quantitative estimate of drug-likeness (QED) is 0.369. The zero-order valence-electron chi connectivity index (χ0n) is 14.8. The molecule has 1 heterocycles. The third-order valence-corrected chi connectivity index (χ3v) is 5.12. The van der Waals surface area contributed by atoms with Crippen molar-refractivity contribution in [3.8, 4) is 0 Å². The normalized spacial score (nSPS) is 12.6. The van der Waals surface area contributed by atoms with Gasteiger partial charge in [-0.1, -0.05) is 26.0 Å². The fourth-order valence-corrected chi connectivity index (χ4v) is 3.33. The number of thiazole rings is 1. The van der Waals surface area contributed by atoms with Gasteiger partial charge in [-0.25, -0.2) is 4.98 Å². The Hall–Kier alpha value is -1.15. The molecule has 4 nitrogen and oxygen atoms in total. The van der Waals surface area contributed by atoms with Gasteiger partial charge in [0.25, 0.3) is 0 Å². The highest BCUT2D eigenvalue weighted by molar-refractivity contribution is 14.0. The van der Waals surface area contributed by atoms with Gasteiger partial charge < -0.3 is 11.1 Å². The summed E-state index contributed by atoms with van der Waals surface area (Å²) in [6.45, 7) is 9.19. The van der Waals surface area contributed by atoms with Gasteiger partial charge in [0.2, 0.25) is 0 Å². The lowest BCUT2D eigenvalue weighted by molar-refractivity contribution is 0.734. The Morgan fingerprint density at radius 3 is 2.50 bits per heavy atom. The first kappa shape index (κ1) is 20.9. The molecule has 1 aromatic heterocycles. The second kappa shape index (κ2) is 9.98. The topological polar surface area (TPSA) is 63.3 Å². The zero-order valence-corrected chi connectivity index (χ0v) is 17.9. The number of hydrogen-bond acceptors (Lipinski definition) is 3. The SMILES string of the molecule is CCC(C)c1ccc(NC(N)=NCCc2sc(C)nc2C)cc1.I. The predicted molar refractivity (Wildman–Crippen MR) is 116 cm³/mol. The van der Waals surface area contributed by atoms with Crippen LogP contribution in [0.3, 0.4) is 0 Å². The monoisotopic (exact) mass is 458 g/mol. The highest BCUT2D eigenvalue weighted by Crippen LogP contribution is 2.20. The number of hydrogen-bond donors (Lipinski definition) is 2. The first-order chi connectivity index (χ1) is 11.0. The number of nitrogens with two attached hydrogens (primary N) is 1. The summed E-state index contributed by atoms with van der Waals surface area (Å²) in [6.07, 6.45) is 2.03. The summed E-state index contributed by atoms with van der Waals surface area (Å²) >= 11 is 1.73. The van der Waals surface area contributed by atoms with Crippen molar-refractivity contribution in [1.29, 1.82) is 0 Å². The fraction of sp³-hybridized carbons (Fsp3) is 0.444. The van der Waals surface area contributed by atoms with E-state index in [1.54, 1.807) is 11.3 Å². The van der Waals surface area contributed by atoms with E-state index in [1.165, 1.54) is 10.4 Å². The van der Waals surface area contributed by atoms with E-state index >= 15 is 0 Å². The van der Waals surface area contributed by atoms with E-state index in [9.17, 15) is 0 Å². The van der Waals surface area contributed by atoms with Gasteiger partial charge in [0.15, 0.2) is 5.96 Å². The highest BCUT2D eigenvalue weighted by Gasteiger charge is 2.05. The minimum atomic E-state index is 0. The summed E-state index contributed by atoms with van der Waals surface area (Å²) < 4.78 is 0. The van der Waals surface area contributed by atoms with E-state index in [4.69, 9.17) is 5.73 Å². The summed E-state index contributed by atoms with van der Waals surface area (Å²) in [4.78, 5) is 10.1. The Bertz CT molecular complexity index is 664. The number of aliphatic imine (C=N–C) groups is 1. The number of aromatic nitrogens is 1. The standard InChI is InChI=1S/C18H26N4S.HI/c1-5-12(2)15-6-8-16(9-7-15)22-18(19)20-11-10-17-13(3)21-14(4)23-17;/h6-9,12H,5,10-11H2,1-4H3,(H3,19,20,22);1H. The van der Waals surface area contributed by atoms with Crippen LogP contribution in [0.4, 0.5) is 5.69 Å². The molecule has 2 aromatic rings. The Morgan fingerprint density at radius 1 is 1.29 bits per heavy atom. The molecule has 0 aliphatic carbocycles. The molecule has 0 fully saturated rings. The molecular weight excluding hydrogens is 431 g/mol. The van der Waals surface area contributed by atoms with Crippen molar-refractivity contribution in [1.82, 2.24) is 4.98 Å². The number of anilines is 1. The van der Waals surface area contributed by atoms with Crippen molar-refractivity contribution < 1.29 is 0 Å². The van der Waals surface area contributed by atoms with E-state index in [2.05, 4.69) is 53.4 Å². The Kier molecular flexibility index (Phi) is 8.69. The van der Waals surface area contributed by atoms with Gasteiger partial charge in [0, 0.05) is 23.5 Å². The van der Waals surface area contributed by atoms with Gasteiger partial charge in [-0.15, -0.1) is 35.3 Å². The smallest absolute Gasteiger partial charge is 0.193 e. The molecule has 0 saturated carbocycles. The van der Waals surface area contributed by atoms with Gasteiger partial charge >= 0.3 is 0 Å². The summed E-state index contributed by atoms with van der Waals surface area (Å²) in [5, 5.41) is 4.25. The lowest BCUT2D eigenvalue weighted by atomic mass is 9.99. The molecule has 0 saturated heterocycles. The van der Waals surface area contributed by atoms with Crippen LogP contribution in [0, 0.1) is 13.8 Å². The van der Waals surface area contributed by atoms with Crippen molar-refractivity contribution >= 4 is 47.0 Å². The molecule has 132 valence electrons. The third-order valence-electron chi connectivity index (χ3n) is 3.99. The first-order valence-electron chi connectivity index (χ1n) is 8.09. The molecule has 0 aliphatic rings. The molecule has 1 atom stereocenters. The van der Waals surface area contributed by atoms with E-state index in [0.717, 1.165) is 29.2 Å². The maximum Gasteiger partial charge on any atom is 0.193 e. The van der Waals surface area contributed by atoms with Crippen LogP contribution in [-0.2, 0) is 6.42 Å². The maximum atomic E-state index is 5.96. The van der Waals surface area contributed by atoms with Gasteiger partial charge in [-0.3, -0.25) is 4.99 Å². The van der Waals surface area contributed by atoms with E-state index in [1.807, 2.05) is 13.8 Å². The lowest BCUT2D eigenvalue weighted by Crippen LogP contribution is -2.23. The van der Waals surface area contributed by atoms with Gasteiger partial charge in [-0.2, -0.15) is 0 Å². The van der Waals surface area contributed by atoms with E-state index < -0.39 is 0 Å². The summed E-state index contributed by atoms with van der Waals surface area (Å²) in [5.74, 6) is 1.04. The predicted octanol–water partition coefficient (Wildman–Crippen LogP) is 4.86. The molecule has 24 heavy (non-hydrogen) atoms. The van der Waals surface area contributed by atoms with Crippen LogP contribution in [-0.4, -0.2) is 17.5 Å². The average molecular weight is 458 g/mol. The molecular formula is C18H27IN4S. The molecule has 0 bridgehead atoms. The summed E-state index contributed by atoms with van der Waals surface area (Å²) in [5.41, 5.74) is 9.40. The molecule has 1 aromatic carbocycles. The number of nitrogens with one attached hydrogen (secondary N) is 1. The number of benzene rings is 1. The molecule has 2 rings (SSSR count). The molecule has 0 aliphatic heterocycles. The maximum absolute atomic E-state index is 5.96. The van der Waals surface area contributed by atoms with Crippen LogP contribution in [0.2, 0.25) is 0 Å². The van der Waals surface area contributed by atoms with Gasteiger partial charge in [0.1, 0.15) is 0 Å². The second-order valence-electron chi connectivity index (χ2n) is 5.81. The minimum Gasteiger partial charge on any atom is -0.370 e. The molecule has 0 amide bonds. The summed E-state index contributed by atoms with van der Waals surface area (Å²) in [7, 11) is 0. The van der Waals surface area contributed by atoms with Crippen LogP contribution in [0.25, 0.3) is 0 Å². The van der Waals surface area contributed by atoms with Gasteiger partial charge in [-0.05, 0) is 43.9 Å². The largest absolute Gasteiger partial charge is 0.370 e. The second-order valence-corrected chi connectivity index (χ2v) is 7.10. The molecule has 0 radical (unpaired) electrons. The number of rotatable bonds is 6. The lowest BCUT2D eigenvalue weighted by Gasteiger charge is -2.10. The van der Waals surface area contributed by atoms with E-state index in [0.29, 0.717) is 18.4 Å². The molecule has 6 heteroatoms. The van der Waals surface area contributed by atoms with Crippen LogP contribution in [0.1, 0.15) is 47.3 Å². The number of halogens is 1. The zero-order chi connectivity index (χ0) is 16.8. The number of aryl methyl sites for hydroxylation is 2. The Morgan fingerprint density at radius 2 is 1.96 bits per heavy atom. The van der Waals surface area contributed by atoms with E-state index in [-0.39, 0.29) is 24.0 Å². The first-order valence-corrected chi connectivity index (χ1v) is 8.91. The molecule has 0 spiro atoms. The minimum absolute atomic E-state index is 0. The number of nitrogens with zero attached hydrogens (tertiary/aromatic N) is 2. The highest BCUT2D eigenvalue weighted by atomic mass is 127. The Balaban J connectivity index is 0.00000288. The van der Waals surface area contributed by atoms with Crippen LogP contribution in [0.5, 0.6) is 0 Å². The average Bonchev–Trinajstić information content (AvgIpc) is 2.85. The molecule has 1 unspecified atom stereocenters. The van der Waals surface area contributed by atoms with Crippen molar-refractivity contribution in [3.05, 3.63) is 45.4 Å². The fourth-order valence-electron chi connectivity index (χ4n) is 2.40. The van der Waals surface area contributed by atoms with Crippen LogP contribution in [0.15, 0.2) is 29.3 Å². The van der Waals surface area contributed by atoms with Crippen molar-refractivity contribution in [2.24, 2.45) is 10.7 Å². The molecule has 3 N–H and O–H groups in total. The third kappa shape index (κ3) is 6.05. The van der Waals surface area contributed by atoms with Crippen LogP contribution >= 0.6 is 35.3 Å². The Labute approximate surface area is 166 Å². The summed E-state index contributed by atoms with van der Waals surface area (Å²) in [6, 6.07) is 8.40. The van der Waals surface area contributed by atoms with Crippen molar-refractivity contribution in [2.75, 3.05) is 11.9 Å². The van der Waals surface area contributed by atoms with Gasteiger partial charge in [0.05, 0.1) is 10.7 Å². The van der Waals surface area contributed by atoms with Crippen molar-refractivity contribution in [3.63, 3.8) is 0 Å².